The molecule has 0 bridgehead atoms. The molecule has 0 spiro atoms. The fourth-order valence-corrected chi connectivity index (χ4v) is 3.20. The molecule has 0 aliphatic carbocycles. The smallest absolute Gasteiger partial charge is 0.388 e. The summed E-state index contributed by atoms with van der Waals surface area (Å²) in [4.78, 5) is 1.92. The summed E-state index contributed by atoms with van der Waals surface area (Å²) in [5.74, 6) is 0.275. The summed E-state index contributed by atoms with van der Waals surface area (Å²) in [5.41, 5.74) is 0.926. The number of aliphatic hydroxyl groups is 1. The van der Waals surface area contributed by atoms with Gasteiger partial charge in [0.05, 0.1) is 11.7 Å². The zero-order chi connectivity index (χ0) is 19.6. The van der Waals surface area contributed by atoms with E-state index in [4.69, 9.17) is 9.78 Å². The molecule has 2 aromatic rings. The van der Waals surface area contributed by atoms with Crippen LogP contribution in [0.25, 0.3) is 0 Å². The Morgan fingerprint density at radius 2 is 2.22 bits per heavy atom. The van der Waals surface area contributed by atoms with Gasteiger partial charge in [0, 0.05) is 30.9 Å². The van der Waals surface area contributed by atoms with Gasteiger partial charge in [-0.25, -0.2) is 0 Å². The van der Waals surface area contributed by atoms with Gasteiger partial charge in [0.1, 0.15) is 17.3 Å². The van der Waals surface area contributed by atoms with Crippen molar-refractivity contribution in [1.82, 2.24) is 5.16 Å². The van der Waals surface area contributed by atoms with E-state index < -0.39 is 17.8 Å². The van der Waals surface area contributed by atoms with Crippen LogP contribution in [0.4, 0.5) is 24.7 Å². The molecule has 27 heavy (non-hydrogen) atoms. The van der Waals surface area contributed by atoms with Crippen molar-refractivity contribution in [1.29, 1.82) is 5.26 Å². The van der Waals surface area contributed by atoms with Crippen molar-refractivity contribution >= 4 is 11.6 Å². The summed E-state index contributed by atoms with van der Waals surface area (Å²) in [6.07, 6.45) is -4.33. The summed E-state index contributed by atoms with van der Waals surface area (Å²) >= 11 is 0. The molecule has 1 unspecified atom stereocenters. The fraction of sp³-hybridized carbons (Fsp3) is 0.444. The van der Waals surface area contributed by atoms with E-state index in [-0.39, 0.29) is 11.4 Å². The first-order valence-electron chi connectivity index (χ1n) is 8.55. The maximum Gasteiger partial charge on any atom is 0.416 e. The number of hydrogen-bond donors (Lipinski definition) is 2. The quantitative estimate of drug-likeness (QED) is 0.843. The minimum atomic E-state index is -4.45. The van der Waals surface area contributed by atoms with Gasteiger partial charge in [-0.2, -0.15) is 18.4 Å². The number of rotatable bonds is 4. The van der Waals surface area contributed by atoms with Crippen LogP contribution in [0.2, 0.25) is 0 Å². The van der Waals surface area contributed by atoms with Crippen LogP contribution in [0.3, 0.4) is 0 Å². The molecule has 1 atom stereocenters. The van der Waals surface area contributed by atoms with Gasteiger partial charge in [0.15, 0.2) is 0 Å². The molecule has 1 aromatic carbocycles. The lowest BCUT2D eigenvalue weighted by Gasteiger charge is -2.26. The van der Waals surface area contributed by atoms with E-state index in [1.165, 1.54) is 6.07 Å². The molecular formula is C18H19F3N4O2. The van der Waals surface area contributed by atoms with Gasteiger partial charge in [0.2, 0.25) is 5.88 Å². The van der Waals surface area contributed by atoms with Crippen molar-refractivity contribution in [3.8, 4) is 6.07 Å². The Bertz CT molecular complexity index is 857. The lowest BCUT2D eigenvalue weighted by Crippen LogP contribution is -2.30. The van der Waals surface area contributed by atoms with Crippen LogP contribution in [0.5, 0.6) is 0 Å². The monoisotopic (exact) mass is 380 g/mol. The normalized spacial score (nSPS) is 17.2. The Morgan fingerprint density at radius 1 is 1.44 bits per heavy atom. The van der Waals surface area contributed by atoms with Gasteiger partial charge in [0.25, 0.3) is 0 Å². The first kappa shape index (κ1) is 19.0. The number of nitrogens with zero attached hydrogens (tertiary/aromatic N) is 3. The lowest BCUT2D eigenvalue weighted by molar-refractivity contribution is -0.137. The number of halogens is 3. The summed E-state index contributed by atoms with van der Waals surface area (Å²) < 4.78 is 44.1. The molecule has 1 aromatic heterocycles. The molecular weight excluding hydrogens is 361 g/mol. The molecule has 0 radical (unpaired) electrons. The number of benzene rings is 1. The predicted molar refractivity (Wildman–Crippen MR) is 92.3 cm³/mol. The molecule has 2 heterocycles. The molecule has 9 heteroatoms. The Morgan fingerprint density at radius 3 is 2.93 bits per heavy atom. The van der Waals surface area contributed by atoms with E-state index in [1.54, 1.807) is 6.92 Å². The number of hydrogen-bond acceptors (Lipinski definition) is 6. The second kappa shape index (κ2) is 7.48. The first-order chi connectivity index (χ1) is 12.8. The Labute approximate surface area is 154 Å². The number of anilines is 2. The number of aromatic nitrogens is 1. The number of fused-ring (bicyclic) bond motifs is 1. The molecule has 2 N–H and O–H groups in total. The van der Waals surface area contributed by atoms with E-state index in [0.29, 0.717) is 49.4 Å². The van der Waals surface area contributed by atoms with E-state index in [2.05, 4.69) is 10.5 Å². The average molecular weight is 380 g/mol. The minimum Gasteiger partial charge on any atom is -0.388 e. The summed E-state index contributed by atoms with van der Waals surface area (Å²) in [6, 6.07) is 5.48. The third-order valence-corrected chi connectivity index (χ3v) is 4.60. The molecule has 1 aliphatic rings. The maximum absolute atomic E-state index is 13.0. The van der Waals surface area contributed by atoms with E-state index in [1.807, 2.05) is 11.0 Å². The van der Waals surface area contributed by atoms with E-state index >= 15 is 0 Å². The fourth-order valence-electron chi connectivity index (χ4n) is 3.20. The SMILES string of the molecule is Cc1noc(NCCN2CCCC(O)c3cc(C(F)(F)F)ccc32)c1C#N. The third kappa shape index (κ3) is 4.01. The minimum absolute atomic E-state index is 0.275. The van der Waals surface area contributed by atoms with Crippen LogP contribution in [-0.4, -0.2) is 29.9 Å². The summed E-state index contributed by atoms with van der Waals surface area (Å²) in [6.45, 7) is 3.14. The van der Waals surface area contributed by atoms with Crippen molar-refractivity contribution in [3.05, 3.63) is 40.6 Å². The molecule has 0 amide bonds. The number of nitriles is 1. The van der Waals surface area contributed by atoms with Gasteiger partial charge < -0.3 is 19.8 Å². The topological polar surface area (TPSA) is 85.3 Å². The van der Waals surface area contributed by atoms with Crippen molar-refractivity contribution in [2.45, 2.75) is 32.0 Å². The molecule has 144 valence electrons. The van der Waals surface area contributed by atoms with Crippen molar-refractivity contribution in [3.63, 3.8) is 0 Å². The second-order valence-corrected chi connectivity index (χ2v) is 6.43. The van der Waals surface area contributed by atoms with Crippen LogP contribution in [0.15, 0.2) is 22.7 Å². The molecule has 6 nitrogen and oxygen atoms in total. The maximum atomic E-state index is 13.0. The number of nitrogens with one attached hydrogen (secondary N) is 1. The zero-order valence-electron chi connectivity index (χ0n) is 14.7. The Kier molecular flexibility index (Phi) is 5.28. The standard InChI is InChI=1S/C18H19F3N4O2/c1-11-14(10-22)17(27-24-11)23-6-8-25-7-2-3-16(26)13-9-12(18(19,20)21)4-5-15(13)25/h4-5,9,16,23,26H,2-3,6-8H2,1H3. The number of alkyl halides is 3. The first-order valence-corrected chi connectivity index (χ1v) is 8.55. The zero-order valence-corrected chi connectivity index (χ0v) is 14.7. The highest BCUT2D eigenvalue weighted by molar-refractivity contribution is 5.58. The van der Waals surface area contributed by atoms with Crippen LogP contribution in [0.1, 0.15) is 41.3 Å². The number of aryl methyl sites for hydroxylation is 1. The van der Waals surface area contributed by atoms with Crippen LogP contribution in [0, 0.1) is 18.3 Å². The van der Waals surface area contributed by atoms with Gasteiger partial charge in [-0.05, 0) is 38.0 Å². The molecule has 0 saturated carbocycles. The second-order valence-electron chi connectivity index (χ2n) is 6.43. The highest BCUT2D eigenvalue weighted by atomic mass is 19.4. The van der Waals surface area contributed by atoms with Crippen molar-refractivity contribution in [2.75, 3.05) is 29.9 Å². The highest BCUT2D eigenvalue weighted by Crippen LogP contribution is 2.38. The van der Waals surface area contributed by atoms with Crippen molar-refractivity contribution < 1.29 is 22.8 Å². The lowest BCUT2D eigenvalue weighted by atomic mass is 10.0. The van der Waals surface area contributed by atoms with E-state index in [0.717, 1.165) is 12.1 Å². The summed E-state index contributed by atoms with van der Waals surface area (Å²) in [7, 11) is 0. The van der Waals surface area contributed by atoms with Gasteiger partial charge in [-0.15, -0.1) is 0 Å². The van der Waals surface area contributed by atoms with Crippen LogP contribution < -0.4 is 10.2 Å². The molecule has 3 rings (SSSR count). The van der Waals surface area contributed by atoms with Crippen molar-refractivity contribution in [2.24, 2.45) is 0 Å². The number of aliphatic hydroxyl groups excluding tert-OH is 1. The molecule has 0 fully saturated rings. The van der Waals surface area contributed by atoms with Gasteiger partial charge in [-0.3, -0.25) is 0 Å². The van der Waals surface area contributed by atoms with Crippen LogP contribution >= 0.6 is 0 Å². The van der Waals surface area contributed by atoms with Gasteiger partial charge in [-0.1, -0.05) is 5.16 Å². The third-order valence-electron chi connectivity index (χ3n) is 4.60. The van der Waals surface area contributed by atoms with E-state index in [9.17, 15) is 18.3 Å². The molecule has 1 aliphatic heterocycles. The Hall–Kier alpha value is -2.73. The molecule has 0 saturated heterocycles. The van der Waals surface area contributed by atoms with Crippen LogP contribution in [-0.2, 0) is 6.18 Å². The predicted octanol–water partition coefficient (Wildman–Crippen LogP) is 3.62. The largest absolute Gasteiger partial charge is 0.416 e. The highest BCUT2D eigenvalue weighted by Gasteiger charge is 2.33. The Balaban J connectivity index is 1.77. The summed E-state index contributed by atoms with van der Waals surface area (Å²) in [5, 5.41) is 26.1. The van der Waals surface area contributed by atoms with Gasteiger partial charge >= 0.3 is 6.18 Å². The average Bonchev–Trinajstić information content (AvgIpc) is 2.90.